The summed E-state index contributed by atoms with van der Waals surface area (Å²) >= 11 is 0. The topological polar surface area (TPSA) is 70.6 Å². The summed E-state index contributed by atoms with van der Waals surface area (Å²) in [7, 11) is 0. The Morgan fingerprint density at radius 2 is 2.12 bits per heavy atom. The average Bonchev–Trinajstić information content (AvgIpc) is 3.34. The van der Waals surface area contributed by atoms with Gasteiger partial charge in [-0.2, -0.15) is 13.2 Å². The summed E-state index contributed by atoms with van der Waals surface area (Å²) in [6.07, 6.45) is -3.06. The number of hydrogen-bond donors (Lipinski definition) is 3. The minimum atomic E-state index is -4.45. The van der Waals surface area contributed by atoms with E-state index in [9.17, 15) is 23.1 Å². The van der Waals surface area contributed by atoms with Crippen molar-refractivity contribution in [3.05, 3.63) is 29.8 Å². The van der Waals surface area contributed by atoms with Gasteiger partial charge in [0.1, 0.15) is 18.5 Å². The van der Waals surface area contributed by atoms with E-state index < -0.39 is 17.8 Å². The maximum absolute atomic E-state index is 12.6. The minimum absolute atomic E-state index is 0.0151. The molecule has 0 saturated heterocycles. The third kappa shape index (κ3) is 6.76. The quantitative estimate of drug-likeness (QED) is 0.635. The molecule has 1 saturated carbocycles. The van der Waals surface area contributed by atoms with Gasteiger partial charge in [-0.05, 0) is 43.5 Å². The van der Waals surface area contributed by atoms with E-state index in [4.69, 9.17) is 4.74 Å². The third-order valence-corrected chi connectivity index (χ3v) is 3.55. The van der Waals surface area contributed by atoms with Crippen LogP contribution in [0, 0.1) is 5.92 Å². The lowest BCUT2D eigenvalue weighted by atomic mass is 10.2. The van der Waals surface area contributed by atoms with Crippen molar-refractivity contribution in [1.29, 1.82) is 0 Å². The lowest BCUT2D eigenvalue weighted by molar-refractivity contribution is -0.137. The van der Waals surface area contributed by atoms with Crippen LogP contribution >= 0.6 is 0 Å². The van der Waals surface area contributed by atoms with E-state index in [-0.39, 0.29) is 31.4 Å². The van der Waals surface area contributed by atoms with E-state index in [0.29, 0.717) is 5.92 Å². The molecule has 3 N–H and O–H groups in total. The number of nitrogens with one attached hydrogen (secondary N) is 2. The molecule has 1 atom stereocenters. The summed E-state index contributed by atoms with van der Waals surface area (Å²) in [6, 6.07) is 4.42. The smallest absolute Gasteiger partial charge is 0.416 e. The molecular weight excluding hydrogens is 325 g/mol. The monoisotopic (exact) mass is 346 g/mol. The Labute approximate surface area is 138 Å². The fourth-order valence-electron chi connectivity index (χ4n) is 2.02. The average molecular weight is 346 g/mol. The molecule has 2 rings (SSSR count). The van der Waals surface area contributed by atoms with Crippen molar-refractivity contribution in [3.63, 3.8) is 0 Å². The first-order chi connectivity index (χ1) is 11.3. The molecule has 0 bridgehead atoms. The summed E-state index contributed by atoms with van der Waals surface area (Å²) in [5, 5.41) is 15.3. The van der Waals surface area contributed by atoms with Gasteiger partial charge < -0.3 is 20.5 Å². The molecule has 1 aliphatic rings. The fraction of sp³-hybridized carbons (Fsp3) is 0.562. The highest BCUT2D eigenvalue weighted by molar-refractivity contribution is 5.77. The Kier molecular flexibility index (Phi) is 6.44. The Bertz CT molecular complexity index is 548. The Balaban J connectivity index is 1.65. The third-order valence-electron chi connectivity index (χ3n) is 3.55. The second-order valence-electron chi connectivity index (χ2n) is 5.87. The molecule has 1 fully saturated rings. The molecule has 1 aliphatic carbocycles. The number of amides is 1. The van der Waals surface area contributed by atoms with Crippen molar-refractivity contribution >= 4 is 5.91 Å². The van der Waals surface area contributed by atoms with Crippen LogP contribution in [-0.2, 0) is 11.0 Å². The maximum Gasteiger partial charge on any atom is 0.416 e. The van der Waals surface area contributed by atoms with Crippen molar-refractivity contribution in [2.45, 2.75) is 25.1 Å². The first-order valence-electron chi connectivity index (χ1n) is 7.80. The Morgan fingerprint density at radius 1 is 1.38 bits per heavy atom. The predicted molar refractivity (Wildman–Crippen MR) is 81.5 cm³/mol. The van der Waals surface area contributed by atoms with Gasteiger partial charge in [-0.3, -0.25) is 4.79 Å². The number of alkyl halides is 3. The van der Waals surface area contributed by atoms with Gasteiger partial charge in [0.2, 0.25) is 5.91 Å². The number of benzene rings is 1. The van der Waals surface area contributed by atoms with E-state index in [1.807, 2.05) is 0 Å². The minimum Gasteiger partial charge on any atom is -0.491 e. The molecule has 1 unspecified atom stereocenters. The summed E-state index contributed by atoms with van der Waals surface area (Å²) < 4.78 is 42.9. The molecule has 0 spiro atoms. The highest BCUT2D eigenvalue weighted by atomic mass is 19.4. The van der Waals surface area contributed by atoms with Crippen molar-refractivity contribution in [1.82, 2.24) is 10.6 Å². The lowest BCUT2D eigenvalue weighted by Crippen LogP contribution is -2.40. The first kappa shape index (κ1) is 18.5. The largest absolute Gasteiger partial charge is 0.491 e. The van der Waals surface area contributed by atoms with Crippen LogP contribution in [0.3, 0.4) is 0 Å². The number of carbonyl (C=O) groups excluding carboxylic acids is 1. The van der Waals surface area contributed by atoms with Crippen molar-refractivity contribution < 1.29 is 27.8 Å². The fourth-order valence-corrected chi connectivity index (χ4v) is 2.02. The van der Waals surface area contributed by atoms with Crippen LogP contribution in [0.15, 0.2) is 24.3 Å². The first-order valence-corrected chi connectivity index (χ1v) is 7.80. The van der Waals surface area contributed by atoms with Gasteiger partial charge in [-0.25, -0.2) is 0 Å². The Morgan fingerprint density at radius 3 is 2.79 bits per heavy atom. The molecular formula is C16H21F3N2O3. The van der Waals surface area contributed by atoms with Crippen LogP contribution < -0.4 is 15.4 Å². The summed E-state index contributed by atoms with van der Waals surface area (Å²) in [5.74, 6) is 0.444. The summed E-state index contributed by atoms with van der Waals surface area (Å²) in [5.41, 5.74) is -0.815. The van der Waals surface area contributed by atoms with Crippen LogP contribution in [0.5, 0.6) is 5.75 Å². The highest BCUT2D eigenvalue weighted by Gasteiger charge is 2.30. The molecule has 0 radical (unpaired) electrons. The van der Waals surface area contributed by atoms with Crippen LogP contribution in [0.4, 0.5) is 13.2 Å². The highest BCUT2D eigenvalue weighted by Crippen LogP contribution is 2.31. The second kappa shape index (κ2) is 8.34. The van der Waals surface area contributed by atoms with Crippen molar-refractivity contribution in [2.24, 2.45) is 5.92 Å². The van der Waals surface area contributed by atoms with Crippen LogP contribution in [0.1, 0.15) is 18.4 Å². The van der Waals surface area contributed by atoms with Gasteiger partial charge in [0.15, 0.2) is 0 Å². The van der Waals surface area contributed by atoms with Gasteiger partial charge in [-0.15, -0.1) is 0 Å². The van der Waals surface area contributed by atoms with Gasteiger partial charge in [0.05, 0.1) is 12.1 Å². The number of halogens is 3. The molecule has 1 amide bonds. The summed E-state index contributed by atoms with van der Waals surface area (Å²) in [4.78, 5) is 11.5. The van der Waals surface area contributed by atoms with Crippen molar-refractivity contribution in [2.75, 3.05) is 26.2 Å². The molecule has 1 aromatic carbocycles. The molecule has 1 aromatic rings. The molecule has 134 valence electrons. The van der Waals surface area contributed by atoms with Crippen LogP contribution in [0.25, 0.3) is 0 Å². The van der Waals surface area contributed by atoms with Gasteiger partial charge in [0.25, 0.3) is 0 Å². The number of aliphatic hydroxyl groups excluding tert-OH is 1. The van der Waals surface area contributed by atoms with Gasteiger partial charge in [-0.1, -0.05) is 6.07 Å². The number of carbonyl (C=O) groups is 1. The van der Waals surface area contributed by atoms with Crippen LogP contribution in [0.2, 0.25) is 0 Å². The van der Waals surface area contributed by atoms with Crippen LogP contribution in [-0.4, -0.2) is 43.4 Å². The number of ether oxygens (including phenoxy) is 1. The maximum atomic E-state index is 12.6. The normalized spacial score (nSPS) is 15.8. The molecule has 8 heteroatoms. The van der Waals surface area contributed by atoms with E-state index >= 15 is 0 Å². The van der Waals surface area contributed by atoms with E-state index in [0.717, 1.165) is 18.7 Å². The van der Waals surface area contributed by atoms with Gasteiger partial charge in [0, 0.05) is 6.54 Å². The van der Waals surface area contributed by atoms with E-state index in [1.54, 1.807) is 0 Å². The molecule has 0 aliphatic heterocycles. The molecule has 0 aromatic heterocycles. The van der Waals surface area contributed by atoms with E-state index in [1.165, 1.54) is 25.0 Å². The van der Waals surface area contributed by atoms with Crippen molar-refractivity contribution in [3.8, 4) is 5.75 Å². The zero-order valence-corrected chi connectivity index (χ0v) is 13.1. The lowest BCUT2D eigenvalue weighted by Gasteiger charge is -2.14. The molecule has 5 nitrogen and oxygen atoms in total. The molecule has 0 heterocycles. The number of hydrogen-bond acceptors (Lipinski definition) is 4. The van der Waals surface area contributed by atoms with E-state index in [2.05, 4.69) is 10.6 Å². The zero-order chi connectivity index (χ0) is 17.6. The Hall–Kier alpha value is -1.80. The standard InChI is InChI=1S/C16H21F3N2O3/c17-16(18,19)12-2-1-3-14(6-12)24-10-13(22)8-21-15(23)9-20-7-11-4-5-11/h1-3,6,11,13,20,22H,4-5,7-10H2,(H,21,23). The number of aliphatic hydroxyl groups is 1. The summed E-state index contributed by atoms with van der Waals surface area (Å²) in [6.45, 7) is 0.756. The SMILES string of the molecule is O=C(CNCC1CC1)NCC(O)COc1cccc(C(F)(F)F)c1. The second-order valence-corrected chi connectivity index (χ2v) is 5.87. The molecule has 24 heavy (non-hydrogen) atoms. The predicted octanol–water partition coefficient (Wildman–Crippen LogP) is 1.56. The zero-order valence-electron chi connectivity index (χ0n) is 13.1. The number of rotatable bonds is 9. The van der Waals surface area contributed by atoms with Gasteiger partial charge >= 0.3 is 6.18 Å².